The Hall–Kier alpha value is -4.24. The van der Waals surface area contributed by atoms with E-state index in [4.69, 9.17) is 40.9 Å². The van der Waals surface area contributed by atoms with Crippen molar-refractivity contribution in [2.24, 2.45) is 34.5 Å². The van der Waals surface area contributed by atoms with Crippen molar-refractivity contribution in [3.63, 3.8) is 0 Å². The average Bonchev–Trinajstić information content (AvgIpc) is 2.50. The molecule has 2 aliphatic carbocycles. The van der Waals surface area contributed by atoms with Crippen LogP contribution in [0.1, 0.15) is 12.8 Å². The van der Waals surface area contributed by atoms with Gasteiger partial charge in [0.25, 0.3) is 0 Å². The van der Waals surface area contributed by atoms with E-state index in [0.717, 1.165) is 0 Å². The summed E-state index contributed by atoms with van der Waals surface area (Å²) in [5.74, 6) is -21.0. The molecule has 176 valence electrons. The van der Waals surface area contributed by atoms with Gasteiger partial charge in [-0.1, -0.05) is 0 Å². The smallest absolute Gasteiger partial charge is 0.322 e. The Morgan fingerprint density at radius 2 is 0.562 bits per heavy atom. The average molecular weight is 464 g/mol. The lowest BCUT2D eigenvalue weighted by molar-refractivity contribution is -0.211. The number of rotatable bonds is 8. The topological polar surface area (TPSA) is 298 Å². The Kier molecular flexibility index (Phi) is 6.84. The number of hydrogen-bond acceptors (Lipinski definition) is 8. The number of carboxylic acid groups (broad SMARTS) is 8. The molecule has 0 heterocycles. The first-order valence-electron chi connectivity index (χ1n) is 8.37. The summed E-state index contributed by atoms with van der Waals surface area (Å²) < 4.78 is 0. The van der Waals surface area contributed by atoms with Gasteiger partial charge in [-0.3, -0.25) is 38.4 Å². The maximum absolute atomic E-state index is 10.9. The third kappa shape index (κ3) is 3.44. The lowest BCUT2D eigenvalue weighted by Gasteiger charge is -2.47. The van der Waals surface area contributed by atoms with E-state index >= 15 is 0 Å². The highest BCUT2D eigenvalue weighted by molar-refractivity contribution is 6.14. The van der Waals surface area contributed by atoms with Crippen LogP contribution in [0.3, 0.4) is 0 Å². The second-order valence-electron chi connectivity index (χ2n) is 6.99. The molecule has 8 N–H and O–H groups in total. The lowest BCUT2D eigenvalue weighted by atomic mass is 9.49. The summed E-state index contributed by atoms with van der Waals surface area (Å²) in [5.41, 5.74) is -5.57. The van der Waals surface area contributed by atoms with Crippen molar-refractivity contribution in [2.45, 2.75) is 12.8 Å². The molecule has 0 bridgehead atoms. The molecule has 0 saturated heterocycles. The third-order valence-corrected chi connectivity index (χ3v) is 5.75. The van der Waals surface area contributed by atoms with E-state index in [0.29, 0.717) is 0 Å². The van der Waals surface area contributed by atoms with Crippen LogP contribution in [0, 0.1) is 34.5 Å². The fourth-order valence-electron chi connectivity index (χ4n) is 3.94. The molecule has 0 atom stereocenters. The molecular weight excluding hydrogens is 448 g/mol. The normalized spacial score (nSPS) is 26.5. The lowest BCUT2D eigenvalue weighted by Crippen LogP contribution is -2.67. The van der Waals surface area contributed by atoms with Gasteiger partial charge in [0.15, 0.2) is 10.8 Å². The highest BCUT2D eigenvalue weighted by Gasteiger charge is 2.77. The summed E-state index contributed by atoms with van der Waals surface area (Å²) in [5, 5.41) is 69.7. The maximum atomic E-state index is 10.9. The van der Waals surface area contributed by atoms with Crippen LogP contribution in [0.25, 0.3) is 0 Å². The van der Waals surface area contributed by atoms with Crippen molar-refractivity contribution in [1.29, 1.82) is 0 Å². The summed E-state index contributed by atoms with van der Waals surface area (Å²) in [6, 6.07) is 0. The molecule has 32 heavy (non-hydrogen) atoms. The van der Waals surface area contributed by atoms with Crippen LogP contribution in [0.5, 0.6) is 0 Å². The monoisotopic (exact) mass is 464 g/mol. The highest BCUT2D eigenvalue weighted by atomic mass is 16.4. The van der Waals surface area contributed by atoms with Gasteiger partial charge >= 0.3 is 47.8 Å². The van der Waals surface area contributed by atoms with E-state index in [1.165, 1.54) is 0 Å². The molecule has 2 fully saturated rings. The molecular formula is C16H16O16. The van der Waals surface area contributed by atoms with Crippen molar-refractivity contribution >= 4 is 47.8 Å². The second-order valence-corrected chi connectivity index (χ2v) is 6.99. The third-order valence-electron chi connectivity index (χ3n) is 5.75. The van der Waals surface area contributed by atoms with Crippen molar-refractivity contribution in [1.82, 2.24) is 0 Å². The van der Waals surface area contributed by atoms with E-state index in [1.807, 2.05) is 0 Å². The number of carbonyl (C=O) groups is 8. The molecule has 0 aliphatic heterocycles. The minimum absolute atomic E-state index is 0.518. The minimum Gasteiger partial charge on any atom is -0.481 e. The van der Waals surface area contributed by atoms with Gasteiger partial charge in [-0.15, -0.1) is 0 Å². The Balaban J connectivity index is 0.000000320. The first kappa shape index (κ1) is 25.8. The van der Waals surface area contributed by atoms with E-state index in [2.05, 4.69) is 0 Å². The molecule has 16 nitrogen and oxygen atoms in total. The van der Waals surface area contributed by atoms with Crippen LogP contribution in [0.2, 0.25) is 0 Å². The number of hydrogen-bond donors (Lipinski definition) is 8. The molecule has 2 aliphatic rings. The molecule has 0 aromatic rings. The van der Waals surface area contributed by atoms with Gasteiger partial charge in [0.05, 0.1) is 23.7 Å². The van der Waals surface area contributed by atoms with Crippen LogP contribution < -0.4 is 0 Å². The largest absolute Gasteiger partial charge is 0.481 e. The fraction of sp³-hybridized carbons (Fsp3) is 0.500. The Morgan fingerprint density at radius 3 is 0.625 bits per heavy atom. The SMILES string of the molecule is O=C(O)C1(C(=O)O)CCC1(C(=O)O)C(=O)O.O=C(O)C1C(C(=O)O)C(C(=O)O)C1C(=O)O. The summed E-state index contributed by atoms with van der Waals surface area (Å²) in [7, 11) is 0. The molecule has 16 heteroatoms. The summed E-state index contributed by atoms with van der Waals surface area (Å²) >= 11 is 0. The van der Waals surface area contributed by atoms with E-state index in [1.54, 1.807) is 0 Å². The van der Waals surface area contributed by atoms with Crippen LogP contribution in [-0.4, -0.2) is 88.6 Å². The first-order valence-corrected chi connectivity index (χ1v) is 8.37. The number of aliphatic carboxylic acids is 8. The zero-order valence-electron chi connectivity index (χ0n) is 15.6. The summed E-state index contributed by atoms with van der Waals surface area (Å²) in [6.07, 6.45) is -1.04. The second kappa shape index (κ2) is 8.48. The molecule has 0 radical (unpaired) electrons. The predicted octanol–water partition coefficient (Wildman–Crippen LogP) is -2.11. The molecule has 2 rings (SSSR count). The Morgan fingerprint density at radius 1 is 0.406 bits per heavy atom. The van der Waals surface area contributed by atoms with Crippen molar-refractivity contribution in [2.75, 3.05) is 0 Å². The van der Waals surface area contributed by atoms with Crippen molar-refractivity contribution < 1.29 is 79.2 Å². The van der Waals surface area contributed by atoms with Crippen LogP contribution in [-0.2, 0) is 38.4 Å². The van der Waals surface area contributed by atoms with Gasteiger partial charge in [-0.2, -0.15) is 0 Å². The van der Waals surface area contributed by atoms with Crippen LogP contribution in [0.4, 0.5) is 0 Å². The standard InChI is InChI=1S/2C8H8O8/c9-3(10)7(4(11)12)1-2-8(7,5(13)14)6(15)16;9-5(10)1-2(6(11)12)4(8(15)16)3(1)7(13)14/h1-2H2,(H,9,10)(H,11,12)(H,13,14)(H,15,16);1-4H,(H,9,10)(H,11,12)(H,13,14)(H,15,16). The fourth-order valence-corrected chi connectivity index (χ4v) is 3.94. The van der Waals surface area contributed by atoms with Gasteiger partial charge < -0.3 is 40.9 Å². The summed E-state index contributed by atoms with van der Waals surface area (Å²) in [6.45, 7) is 0. The van der Waals surface area contributed by atoms with Gasteiger partial charge in [-0.25, -0.2) is 0 Å². The molecule has 0 amide bonds. The zero-order valence-corrected chi connectivity index (χ0v) is 15.6. The number of carboxylic acids is 8. The van der Waals surface area contributed by atoms with Gasteiger partial charge in [0.1, 0.15) is 0 Å². The van der Waals surface area contributed by atoms with Crippen LogP contribution in [0.15, 0.2) is 0 Å². The zero-order chi connectivity index (χ0) is 25.3. The van der Waals surface area contributed by atoms with Crippen molar-refractivity contribution in [3.05, 3.63) is 0 Å². The van der Waals surface area contributed by atoms with E-state index in [-0.39, 0.29) is 0 Å². The molecule has 0 spiro atoms. The molecule has 0 unspecified atom stereocenters. The Bertz CT molecular complexity index is 769. The van der Waals surface area contributed by atoms with Gasteiger partial charge in [0.2, 0.25) is 0 Å². The molecule has 0 aromatic heterocycles. The Labute approximate surface area is 175 Å². The van der Waals surface area contributed by atoms with Gasteiger partial charge in [0, 0.05) is 0 Å². The molecule has 0 aromatic carbocycles. The first-order chi connectivity index (χ1) is 14.5. The minimum atomic E-state index is -2.79. The predicted molar refractivity (Wildman–Crippen MR) is 89.1 cm³/mol. The van der Waals surface area contributed by atoms with E-state index < -0.39 is 95.1 Å². The van der Waals surface area contributed by atoms with Crippen molar-refractivity contribution in [3.8, 4) is 0 Å². The van der Waals surface area contributed by atoms with Crippen LogP contribution >= 0.6 is 0 Å². The van der Waals surface area contributed by atoms with Gasteiger partial charge in [-0.05, 0) is 12.8 Å². The maximum Gasteiger partial charge on any atom is 0.322 e. The highest BCUT2D eigenvalue weighted by Crippen LogP contribution is 2.57. The molecule has 2 saturated carbocycles. The van der Waals surface area contributed by atoms with E-state index in [9.17, 15) is 38.4 Å². The summed E-state index contributed by atoms with van der Waals surface area (Å²) in [4.78, 5) is 86.1. The quantitative estimate of drug-likeness (QED) is 0.178.